The van der Waals surface area contributed by atoms with E-state index in [0.29, 0.717) is 6.04 Å². The fourth-order valence-corrected chi connectivity index (χ4v) is 2.67. The Morgan fingerprint density at radius 1 is 1.33 bits per heavy atom. The summed E-state index contributed by atoms with van der Waals surface area (Å²) in [5.74, 6) is 1.59. The number of hydrogen-bond donors (Lipinski definition) is 0. The van der Waals surface area contributed by atoms with Crippen LogP contribution in [0.1, 0.15) is 12.8 Å². The molecule has 0 aromatic rings. The standard InChI is InChI=1S/C8H14N4/c1-12-4-6-2-8(10-11-9)3-7(6)5-12/h6-8H,2-5H2,1H3/t6-,7-/m1/s1. The predicted molar refractivity (Wildman–Crippen MR) is 46.6 cm³/mol. The molecule has 0 amide bonds. The third-order valence-corrected chi connectivity index (χ3v) is 3.12. The van der Waals surface area contributed by atoms with E-state index >= 15 is 0 Å². The van der Waals surface area contributed by atoms with Gasteiger partial charge in [0.25, 0.3) is 0 Å². The highest BCUT2D eigenvalue weighted by atomic mass is 15.2. The maximum Gasteiger partial charge on any atom is 0.0380 e. The van der Waals surface area contributed by atoms with E-state index in [9.17, 15) is 0 Å². The highest BCUT2D eigenvalue weighted by Gasteiger charge is 2.38. The molecule has 0 N–H and O–H groups in total. The lowest BCUT2D eigenvalue weighted by Gasteiger charge is -2.09. The average molecular weight is 166 g/mol. The smallest absolute Gasteiger partial charge is 0.0380 e. The Kier molecular flexibility index (Phi) is 1.95. The quantitative estimate of drug-likeness (QED) is 0.332. The van der Waals surface area contributed by atoms with Gasteiger partial charge in [0, 0.05) is 24.0 Å². The molecule has 0 unspecified atom stereocenters. The SMILES string of the molecule is CN1C[C@H]2CC(N=[N+]=[N-])C[C@@H]2C1. The maximum absolute atomic E-state index is 8.29. The van der Waals surface area contributed by atoms with Crippen LogP contribution in [0.5, 0.6) is 0 Å². The van der Waals surface area contributed by atoms with Gasteiger partial charge in [-0.25, -0.2) is 0 Å². The van der Waals surface area contributed by atoms with E-state index in [1.807, 2.05) is 0 Å². The van der Waals surface area contributed by atoms with E-state index < -0.39 is 0 Å². The number of fused-ring (bicyclic) bond motifs is 1. The zero-order valence-electron chi connectivity index (χ0n) is 7.35. The van der Waals surface area contributed by atoms with Crippen LogP contribution in [-0.4, -0.2) is 31.1 Å². The van der Waals surface area contributed by atoms with Crippen molar-refractivity contribution < 1.29 is 0 Å². The second kappa shape index (κ2) is 2.96. The molecular formula is C8H14N4. The number of hydrogen-bond acceptors (Lipinski definition) is 2. The van der Waals surface area contributed by atoms with E-state index in [2.05, 4.69) is 22.0 Å². The highest BCUT2D eigenvalue weighted by Crippen LogP contribution is 2.38. The normalized spacial score (nSPS) is 36.4. The first-order chi connectivity index (χ1) is 5.79. The van der Waals surface area contributed by atoms with Crippen LogP contribution in [0.15, 0.2) is 5.11 Å². The summed E-state index contributed by atoms with van der Waals surface area (Å²) in [6.45, 7) is 2.39. The molecule has 66 valence electrons. The minimum Gasteiger partial charge on any atom is -0.306 e. The van der Waals surface area contributed by atoms with Crippen molar-refractivity contribution in [3.8, 4) is 0 Å². The van der Waals surface area contributed by atoms with Crippen LogP contribution < -0.4 is 0 Å². The van der Waals surface area contributed by atoms with Gasteiger partial charge in [-0.3, -0.25) is 0 Å². The molecule has 2 atom stereocenters. The Morgan fingerprint density at radius 3 is 2.42 bits per heavy atom. The van der Waals surface area contributed by atoms with Crippen LogP contribution in [0.4, 0.5) is 0 Å². The van der Waals surface area contributed by atoms with Crippen molar-refractivity contribution in [1.82, 2.24) is 4.90 Å². The topological polar surface area (TPSA) is 52.0 Å². The molecule has 2 rings (SSSR count). The summed E-state index contributed by atoms with van der Waals surface area (Å²) in [4.78, 5) is 5.25. The Hall–Kier alpha value is -0.730. The fourth-order valence-electron chi connectivity index (χ4n) is 2.67. The lowest BCUT2D eigenvalue weighted by atomic mass is 10.0. The minimum absolute atomic E-state index is 0.290. The summed E-state index contributed by atoms with van der Waals surface area (Å²) < 4.78 is 0. The van der Waals surface area contributed by atoms with Gasteiger partial charge >= 0.3 is 0 Å². The molecule has 1 heterocycles. The summed E-state index contributed by atoms with van der Waals surface area (Å²) >= 11 is 0. The molecular weight excluding hydrogens is 152 g/mol. The van der Waals surface area contributed by atoms with Gasteiger partial charge < -0.3 is 4.90 Å². The van der Waals surface area contributed by atoms with Gasteiger partial charge in [0.05, 0.1) is 0 Å². The molecule has 1 aliphatic heterocycles. The predicted octanol–water partition coefficient (Wildman–Crippen LogP) is 1.64. The molecule has 2 aliphatic rings. The molecule has 0 aromatic carbocycles. The molecule has 1 saturated carbocycles. The number of rotatable bonds is 1. The first kappa shape index (κ1) is 7.90. The lowest BCUT2D eigenvalue weighted by Crippen LogP contribution is -2.17. The largest absolute Gasteiger partial charge is 0.306 e. The van der Waals surface area contributed by atoms with Gasteiger partial charge in [0.2, 0.25) is 0 Å². The van der Waals surface area contributed by atoms with Gasteiger partial charge in [-0.15, -0.1) is 0 Å². The number of nitrogens with zero attached hydrogens (tertiary/aromatic N) is 4. The molecule has 4 heteroatoms. The third kappa shape index (κ3) is 1.28. The Balaban J connectivity index is 1.97. The van der Waals surface area contributed by atoms with Crippen molar-refractivity contribution in [3.05, 3.63) is 10.4 Å². The van der Waals surface area contributed by atoms with Crippen molar-refractivity contribution in [2.24, 2.45) is 17.0 Å². The second-order valence-electron chi connectivity index (χ2n) is 4.07. The number of azide groups is 1. The van der Waals surface area contributed by atoms with Gasteiger partial charge in [-0.2, -0.15) is 0 Å². The minimum atomic E-state index is 0.290. The molecule has 0 bridgehead atoms. The zero-order valence-corrected chi connectivity index (χ0v) is 7.35. The van der Waals surface area contributed by atoms with Crippen LogP contribution >= 0.6 is 0 Å². The van der Waals surface area contributed by atoms with Gasteiger partial charge in [-0.1, -0.05) is 5.11 Å². The fraction of sp³-hybridized carbons (Fsp3) is 1.00. The maximum atomic E-state index is 8.29. The van der Waals surface area contributed by atoms with Crippen molar-refractivity contribution in [3.63, 3.8) is 0 Å². The molecule has 4 nitrogen and oxygen atoms in total. The summed E-state index contributed by atoms with van der Waals surface area (Å²) in [6, 6.07) is 0.290. The first-order valence-electron chi connectivity index (χ1n) is 4.52. The molecule has 1 saturated heterocycles. The summed E-state index contributed by atoms with van der Waals surface area (Å²) in [7, 11) is 2.17. The molecule has 1 aliphatic carbocycles. The van der Waals surface area contributed by atoms with Crippen LogP contribution in [0.3, 0.4) is 0 Å². The van der Waals surface area contributed by atoms with Crippen molar-refractivity contribution in [2.45, 2.75) is 18.9 Å². The van der Waals surface area contributed by atoms with Gasteiger partial charge in [0.15, 0.2) is 0 Å². The average Bonchev–Trinajstić information content (AvgIpc) is 2.44. The van der Waals surface area contributed by atoms with Gasteiger partial charge in [0.1, 0.15) is 0 Å². The lowest BCUT2D eigenvalue weighted by molar-refractivity contribution is 0.371. The van der Waals surface area contributed by atoms with Crippen LogP contribution in [-0.2, 0) is 0 Å². The van der Waals surface area contributed by atoms with Crippen molar-refractivity contribution in [2.75, 3.05) is 20.1 Å². The van der Waals surface area contributed by atoms with E-state index in [1.54, 1.807) is 0 Å². The van der Waals surface area contributed by atoms with E-state index in [1.165, 1.54) is 13.1 Å². The van der Waals surface area contributed by atoms with Crippen molar-refractivity contribution in [1.29, 1.82) is 0 Å². The first-order valence-corrected chi connectivity index (χ1v) is 4.52. The Morgan fingerprint density at radius 2 is 1.92 bits per heavy atom. The summed E-state index contributed by atoms with van der Waals surface area (Å²) in [6.07, 6.45) is 2.22. The van der Waals surface area contributed by atoms with Crippen LogP contribution in [0.2, 0.25) is 0 Å². The van der Waals surface area contributed by atoms with E-state index in [0.717, 1.165) is 24.7 Å². The molecule has 12 heavy (non-hydrogen) atoms. The Labute approximate surface area is 72.2 Å². The number of likely N-dealkylation sites (tertiary alicyclic amines) is 1. The molecule has 0 radical (unpaired) electrons. The zero-order chi connectivity index (χ0) is 8.55. The van der Waals surface area contributed by atoms with E-state index in [4.69, 9.17) is 5.53 Å². The molecule has 2 fully saturated rings. The third-order valence-electron chi connectivity index (χ3n) is 3.12. The highest BCUT2D eigenvalue weighted by molar-refractivity contribution is 4.94. The monoisotopic (exact) mass is 166 g/mol. The molecule has 0 aromatic heterocycles. The van der Waals surface area contributed by atoms with Crippen LogP contribution in [0, 0.1) is 11.8 Å². The van der Waals surface area contributed by atoms with E-state index in [-0.39, 0.29) is 0 Å². The summed E-state index contributed by atoms with van der Waals surface area (Å²) in [5, 5.41) is 3.79. The second-order valence-corrected chi connectivity index (χ2v) is 4.07. The van der Waals surface area contributed by atoms with Gasteiger partial charge in [-0.05, 0) is 37.3 Å². The van der Waals surface area contributed by atoms with Crippen molar-refractivity contribution >= 4 is 0 Å². The Bertz CT molecular complexity index is 207. The van der Waals surface area contributed by atoms with Crippen LogP contribution in [0.25, 0.3) is 10.4 Å². The summed E-state index contributed by atoms with van der Waals surface area (Å²) in [5.41, 5.74) is 8.29. The molecule has 0 spiro atoms.